The van der Waals surface area contributed by atoms with Crippen molar-refractivity contribution in [3.05, 3.63) is 47.3 Å². The molecule has 2 N–H and O–H groups in total. The fourth-order valence-corrected chi connectivity index (χ4v) is 1.85. The molecule has 0 aliphatic heterocycles. The summed E-state index contributed by atoms with van der Waals surface area (Å²) in [6, 6.07) is 7.36. The number of halogens is 2. The summed E-state index contributed by atoms with van der Waals surface area (Å²) in [5.74, 6) is 0.360. The molecule has 0 aliphatic carbocycles. The third kappa shape index (κ3) is 2.48. The second kappa shape index (κ2) is 4.81. The number of nitrogens with zero attached hydrogens (tertiary/aromatic N) is 3. The molecule has 0 amide bonds. The smallest absolute Gasteiger partial charge is 0.312 e. The molecular weight excluding hydrogens is 269 g/mol. The molecule has 0 aliphatic rings. The largest absolute Gasteiger partial charge is 0.364 e. The highest BCUT2D eigenvalue weighted by atomic mass is 35.5. The Morgan fingerprint density at radius 2 is 2.00 bits per heavy atom. The summed E-state index contributed by atoms with van der Waals surface area (Å²) < 4.78 is 13.2. The quantitative estimate of drug-likeness (QED) is 0.723. The first kappa shape index (κ1) is 11.9. The summed E-state index contributed by atoms with van der Waals surface area (Å²) in [5.41, 5.74) is 1.88. The third-order valence-corrected chi connectivity index (χ3v) is 2.88. The average Bonchev–Trinajstić information content (AvgIpc) is 2.85. The van der Waals surface area contributed by atoms with Crippen LogP contribution < -0.4 is 5.32 Å². The van der Waals surface area contributed by atoms with Gasteiger partial charge in [-0.1, -0.05) is 23.7 Å². The zero-order chi connectivity index (χ0) is 13.2. The predicted octanol–water partition coefficient (Wildman–Crippen LogP) is 2.76. The zero-order valence-corrected chi connectivity index (χ0v) is 10.4. The number of fused-ring (bicyclic) bond motifs is 1. The molecule has 3 rings (SSSR count). The van der Waals surface area contributed by atoms with E-state index in [0.717, 1.165) is 5.56 Å². The van der Waals surface area contributed by atoms with Crippen molar-refractivity contribution in [3.8, 4) is 0 Å². The van der Waals surface area contributed by atoms with Gasteiger partial charge >= 0.3 is 6.08 Å². The monoisotopic (exact) mass is 277 g/mol. The number of imidazole rings is 1. The molecule has 2 aromatic heterocycles. The molecule has 0 unspecified atom stereocenters. The minimum absolute atomic E-state index is 0.360. The van der Waals surface area contributed by atoms with Gasteiger partial charge in [-0.2, -0.15) is 14.4 Å². The van der Waals surface area contributed by atoms with Crippen LogP contribution >= 0.6 is 11.6 Å². The maximum absolute atomic E-state index is 13.2. The van der Waals surface area contributed by atoms with Crippen molar-refractivity contribution in [2.24, 2.45) is 0 Å². The van der Waals surface area contributed by atoms with Gasteiger partial charge in [0.05, 0.1) is 6.33 Å². The minimum Gasteiger partial charge on any atom is -0.364 e. The molecule has 0 spiro atoms. The molecule has 7 heteroatoms. The van der Waals surface area contributed by atoms with Gasteiger partial charge in [-0.05, 0) is 17.7 Å². The van der Waals surface area contributed by atoms with Crippen molar-refractivity contribution in [1.82, 2.24) is 19.9 Å². The molecule has 0 saturated carbocycles. The molecular formula is C12H9ClFN5. The van der Waals surface area contributed by atoms with E-state index < -0.39 is 6.08 Å². The lowest BCUT2D eigenvalue weighted by Gasteiger charge is -2.06. The topological polar surface area (TPSA) is 66.5 Å². The first-order valence-electron chi connectivity index (χ1n) is 5.57. The highest BCUT2D eigenvalue weighted by Gasteiger charge is 2.09. The Morgan fingerprint density at radius 1 is 1.21 bits per heavy atom. The van der Waals surface area contributed by atoms with E-state index in [1.807, 2.05) is 12.1 Å². The van der Waals surface area contributed by atoms with Crippen LogP contribution in [0.1, 0.15) is 5.56 Å². The summed E-state index contributed by atoms with van der Waals surface area (Å²) in [6.07, 6.45) is 0.655. The number of anilines is 1. The van der Waals surface area contributed by atoms with E-state index >= 15 is 0 Å². The Balaban J connectivity index is 1.85. The van der Waals surface area contributed by atoms with E-state index in [9.17, 15) is 4.39 Å². The van der Waals surface area contributed by atoms with Gasteiger partial charge in [0.1, 0.15) is 5.52 Å². The number of benzene rings is 1. The number of rotatable bonds is 3. The first-order chi connectivity index (χ1) is 9.22. The third-order valence-electron chi connectivity index (χ3n) is 2.62. The zero-order valence-electron chi connectivity index (χ0n) is 9.69. The van der Waals surface area contributed by atoms with E-state index in [4.69, 9.17) is 11.6 Å². The van der Waals surface area contributed by atoms with Crippen LogP contribution in [0.2, 0.25) is 5.02 Å². The first-order valence-corrected chi connectivity index (χ1v) is 5.95. The molecule has 19 heavy (non-hydrogen) atoms. The fourth-order valence-electron chi connectivity index (χ4n) is 1.72. The lowest BCUT2D eigenvalue weighted by molar-refractivity contribution is 0.545. The Kier molecular flexibility index (Phi) is 3.00. The maximum atomic E-state index is 13.2. The molecule has 2 heterocycles. The van der Waals surface area contributed by atoms with E-state index in [2.05, 4.69) is 25.3 Å². The van der Waals surface area contributed by atoms with Crippen molar-refractivity contribution in [1.29, 1.82) is 0 Å². The molecule has 5 nitrogen and oxygen atoms in total. The Bertz CT molecular complexity index is 710. The summed E-state index contributed by atoms with van der Waals surface area (Å²) in [5, 5.41) is 3.71. The van der Waals surface area contributed by atoms with Crippen LogP contribution in [0.5, 0.6) is 0 Å². The SMILES string of the molecule is Fc1nc(NCc2ccc(Cl)cc2)c2nc[nH]c2n1. The van der Waals surface area contributed by atoms with E-state index in [-0.39, 0.29) is 0 Å². The van der Waals surface area contributed by atoms with Crippen molar-refractivity contribution in [3.63, 3.8) is 0 Å². The van der Waals surface area contributed by atoms with Gasteiger partial charge in [0.2, 0.25) is 0 Å². The van der Waals surface area contributed by atoms with Gasteiger partial charge in [0, 0.05) is 11.6 Å². The van der Waals surface area contributed by atoms with Crippen LogP contribution in [0, 0.1) is 6.08 Å². The highest BCUT2D eigenvalue weighted by molar-refractivity contribution is 6.30. The van der Waals surface area contributed by atoms with Crippen LogP contribution in [0.25, 0.3) is 11.2 Å². The Morgan fingerprint density at radius 3 is 2.79 bits per heavy atom. The van der Waals surface area contributed by atoms with Crippen molar-refractivity contribution < 1.29 is 4.39 Å². The van der Waals surface area contributed by atoms with E-state index in [1.54, 1.807) is 12.1 Å². The number of aromatic nitrogens is 4. The lowest BCUT2D eigenvalue weighted by Crippen LogP contribution is -2.04. The van der Waals surface area contributed by atoms with Gasteiger partial charge < -0.3 is 10.3 Å². The van der Waals surface area contributed by atoms with Gasteiger partial charge in [-0.15, -0.1) is 0 Å². The van der Waals surface area contributed by atoms with Gasteiger partial charge in [-0.25, -0.2) is 4.98 Å². The van der Waals surface area contributed by atoms with Crippen LogP contribution in [-0.4, -0.2) is 19.9 Å². The number of H-pyrrole nitrogens is 1. The van der Waals surface area contributed by atoms with Crippen LogP contribution in [0.15, 0.2) is 30.6 Å². The van der Waals surface area contributed by atoms with Gasteiger partial charge in [0.25, 0.3) is 0 Å². The van der Waals surface area contributed by atoms with Crippen molar-refractivity contribution in [2.75, 3.05) is 5.32 Å². The summed E-state index contributed by atoms with van der Waals surface area (Å²) in [4.78, 5) is 14.1. The summed E-state index contributed by atoms with van der Waals surface area (Å²) >= 11 is 5.81. The number of nitrogens with one attached hydrogen (secondary N) is 2. The molecule has 0 atom stereocenters. The molecule has 0 fully saturated rings. The average molecular weight is 278 g/mol. The lowest BCUT2D eigenvalue weighted by atomic mass is 10.2. The standard InChI is InChI=1S/C12H9ClFN5/c13-8-3-1-7(2-4-8)5-15-10-9-11(17-6-16-9)19-12(14)18-10/h1-4,6H,5H2,(H2,15,16,17,18,19). The number of hydrogen-bond acceptors (Lipinski definition) is 4. The van der Waals surface area contributed by atoms with Crippen LogP contribution in [0.4, 0.5) is 10.2 Å². The van der Waals surface area contributed by atoms with Crippen LogP contribution in [0.3, 0.4) is 0 Å². The number of hydrogen-bond donors (Lipinski definition) is 2. The summed E-state index contributed by atoms with van der Waals surface area (Å²) in [6.45, 7) is 0.496. The van der Waals surface area contributed by atoms with Gasteiger partial charge in [-0.3, -0.25) is 0 Å². The van der Waals surface area contributed by atoms with Crippen molar-refractivity contribution in [2.45, 2.75) is 6.54 Å². The van der Waals surface area contributed by atoms with Crippen molar-refractivity contribution >= 4 is 28.6 Å². The summed E-state index contributed by atoms with van der Waals surface area (Å²) in [7, 11) is 0. The molecule has 1 aromatic carbocycles. The van der Waals surface area contributed by atoms with Gasteiger partial charge in [0.15, 0.2) is 11.5 Å². The Labute approximate surface area is 112 Å². The predicted molar refractivity (Wildman–Crippen MR) is 70.4 cm³/mol. The second-order valence-corrected chi connectivity index (χ2v) is 4.36. The Hall–Kier alpha value is -2.21. The van der Waals surface area contributed by atoms with E-state index in [1.165, 1.54) is 6.33 Å². The van der Waals surface area contributed by atoms with Crippen LogP contribution in [-0.2, 0) is 6.54 Å². The minimum atomic E-state index is -0.796. The molecule has 3 aromatic rings. The molecule has 0 bridgehead atoms. The normalized spacial score (nSPS) is 10.8. The highest BCUT2D eigenvalue weighted by Crippen LogP contribution is 2.17. The molecule has 0 saturated heterocycles. The fraction of sp³-hybridized carbons (Fsp3) is 0.0833. The molecule has 0 radical (unpaired) electrons. The molecule has 96 valence electrons. The van der Waals surface area contributed by atoms with E-state index in [0.29, 0.717) is 28.5 Å². The maximum Gasteiger partial charge on any atom is 0.312 e. The second-order valence-electron chi connectivity index (χ2n) is 3.92. The number of aromatic amines is 1.